The van der Waals surface area contributed by atoms with E-state index >= 15 is 0 Å². The Bertz CT molecular complexity index is 1940. The minimum Gasteiger partial charge on any atom is -0.355 e. The number of nitrogens with two attached hydrogens (primary N) is 1. The van der Waals surface area contributed by atoms with Gasteiger partial charge in [-0.1, -0.05) is 96.6 Å². The summed E-state index contributed by atoms with van der Waals surface area (Å²) in [4.78, 5) is 4.14. The van der Waals surface area contributed by atoms with Crippen LogP contribution in [0.15, 0.2) is 125 Å². The molecule has 1 aliphatic rings. The fourth-order valence-electron chi connectivity index (χ4n) is 5.94. The quantitative estimate of drug-likeness (QED) is 0.152. The van der Waals surface area contributed by atoms with E-state index in [1.807, 2.05) is 0 Å². The van der Waals surface area contributed by atoms with Crippen LogP contribution in [0.1, 0.15) is 27.8 Å². The lowest BCUT2D eigenvalue weighted by atomic mass is 9.97. The molecule has 2 nitrogen and oxygen atoms in total. The van der Waals surface area contributed by atoms with Gasteiger partial charge in [0.2, 0.25) is 0 Å². The highest BCUT2D eigenvalue weighted by Gasteiger charge is 2.25. The molecule has 3 heteroatoms. The molecule has 1 atom stereocenters. The van der Waals surface area contributed by atoms with Crippen molar-refractivity contribution in [1.82, 2.24) is 0 Å². The summed E-state index contributed by atoms with van der Waals surface area (Å²) in [5.41, 5.74) is 14.8. The maximum atomic E-state index is 6.40. The molecule has 1 unspecified atom stereocenters. The Labute approximate surface area is 238 Å². The SMILES string of the molecule is Cc1ccc2c(ccc3c(Nc4ccc([SH]5C(c6ccccc6)=Cc6ccccc65)cc4CN)c(C)ccc32)c1. The molecule has 0 radical (unpaired) electrons. The number of rotatable bonds is 5. The van der Waals surface area contributed by atoms with E-state index in [0.717, 1.165) is 16.9 Å². The van der Waals surface area contributed by atoms with Crippen LogP contribution in [-0.4, -0.2) is 0 Å². The molecule has 0 saturated heterocycles. The summed E-state index contributed by atoms with van der Waals surface area (Å²) in [5.74, 6) is 0. The first kappa shape index (κ1) is 24.7. The van der Waals surface area contributed by atoms with E-state index in [1.54, 1.807) is 0 Å². The summed E-state index contributed by atoms with van der Waals surface area (Å²) in [6, 6.07) is 42.1. The summed E-state index contributed by atoms with van der Waals surface area (Å²) < 4.78 is 0. The largest absolute Gasteiger partial charge is 0.355 e. The van der Waals surface area contributed by atoms with Gasteiger partial charge in [0.1, 0.15) is 0 Å². The van der Waals surface area contributed by atoms with E-state index in [4.69, 9.17) is 5.73 Å². The molecular weight excluding hydrogens is 504 g/mol. The number of nitrogens with one attached hydrogen (secondary N) is 1. The van der Waals surface area contributed by atoms with Crippen LogP contribution in [0.2, 0.25) is 0 Å². The Balaban J connectivity index is 1.31. The maximum Gasteiger partial charge on any atom is 0.0493 e. The van der Waals surface area contributed by atoms with Crippen LogP contribution >= 0.6 is 10.9 Å². The predicted molar refractivity (Wildman–Crippen MR) is 175 cm³/mol. The fourth-order valence-corrected chi connectivity index (χ4v) is 8.57. The van der Waals surface area contributed by atoms with Crippen molar-refractivity contribution >= 4 is 54.8 Å². The van der Waals surface area contributed by atoms with Crippen LogP contribution in [0, 0.1) is 13.8 Å². The summed E-state index contributed by atoms with van der Waals surface area (Å²) in [5, 5.41) is 8.85. The van der Waals surface area contributed by atoms with Gasteiger partial charge in [-0.25, -0.2) is 0 Å². The zero-order valence-corrected chi connectivity index (χ0v) is 23.7. The Hall–Kier alpha value is -4.31. The smallest absolute Gasteiger partial charge is 0.0493 e. The van der Waals surface area contributed by atoms with Gasteiger partial charge >= 0.3 is 0 Å². The molecular formula is C37H32N2S. The number of hydrogen-bond acceptors (Lipinski definition) is 2. The second-order valence-corrected chi connectivity index (χ2v) is 12.8. The van der Waals surface area contributed by atoms with Crippen molar-refractivity contribution in [3.63, 3.8) is 0 Å². The molecule has 1 aliphatic heterocycles. The molecule has 0 fully saturated rings. The maximum absolute atomic E-state index is 6.40. The van der Waals surface area contributed by atoms with Crippen LogP contribution < -0.4 is 11.1 Å². The molecule has 40 heavy (non-hydrogen) atoms. The zero-order valence-electron chi connectivity index (χ0n) is 22.8. The highest BCUT2D eigenvalue weighted by atomic mass is 32.2. The lowest BCUT2D eigenvalue weighted by molar-refractivity contribution is 1.06. The molecule has 0 aliphatic carbocycles. The number of anilines is 2. The van der Waals surface area contributed by atoms with Gasteiger partial charge in [0.15, 0.2) is 0 Å². The first-order chi connectivity index (χ1) is 19.6. The summed E-state index contributed by atoms with van der Waals surface area (Å²) in [6.45, 7) is 4.79. The van der Waals surface area contributed by atoms with Crippen molar-refractivity contribution in [1.29, 1.82) is 0 Å². The molecule has 0 saturated carbocycles. The minimum absolute atomic E-state index is 0.470. The van der Waals surface area contributed by atoms with Gasteiger partial charge in [-0.2, -0.15) is 10.9 Å². The fraction of sp³-hybridized carbons (Fsp3) is 0.0811. The standard InChI is InChI=1S/C37H32N2S/c1-24-12-16-31-27(20-24)14-18-33-32(31)17-13-25(2)37(33)39-34-19-15-30(21-29(34)23-38)40-35-11-7-6-10-28(35)22-36(40)26-8-4-3-5-9-26/h3-22,39-40H,23,38H2,1-2H3. The summed E-state index contributed by atoms with van der Waals surface area (Å²) in [6.07, 6.45) is 2.37. The van der Waals surface area contributed by atoms with E-state index in [-0.39, 0.29) is 0 Å². The zero-order chi connectivity index (χ0) is 27.2. The number of thiol groups is 1. The number of aryl methyl sites for hydroxylation is 2. The second-order valence-electron chi connectivity index (χ2n) is 10.6. The minimum atomic E-state index is -0.669. The van der Waals surface area contributed by atoms with E-state index in [9.17, 15) is 0 Å². The van der Waals surface area contributed by atoms with E-state index < -0.39 is 10.9 Å². The highest BCUT2D eigenvalue weighted by Crippen LogP contribution is 2.61. The predicted octanol–water partition coefficient (Wildman–Crippen LogP) is 9.74. The third-order valence-electron chi connectivity index (χ3n) is 7.99. The van der Waals surface area contributed by atoms with Crippen LogP contribution in [0.5, 0.6) is 0 Å². The molecule has 0 bridgehead atoms. The molecule has 196 valence electrons. The first-order valence-corrected chi connectivity index (χ1v) is 15.1. The first-order valence-electron chi connectivity index (χ1n) is 13.8. The van der Waals surface area contributed by atoms with Crippen LogP contribution in [0.4, 0.5) is 11.4 Å². The Morgan fingerprint density at radius 2 is 1.48 bits per heavy atom. The Morgan fingerprint density at radius 1 is 0.700 bits per heavy atom. The highest BCUT2D eigenvalue weighted by molar-refractivity contribution is 8.25. The molecule has 0 spiro atoms. The second kappa shape index (κ2) is 10.0. The third kappa shape index (κ3) is 4.19. The summed E-state index contributed by atoms with van der Waals surface area (Å²) >= 11 is 0. The average molecular weight is 537 g/mol. The molecule has 7 rings (SSSR count). The van der Waals surface area contributed by atoms with Crippen molar-refractivity contribution in [3.05, 3.63) is 143 Å². The van der Waals surface area contributed by atoms with Crippen molar-refractivity contribution in [2.24, 2.45) is 5.73 Å². The number of benzene rings is 6. The lowest BCUT2D eigenvalue weighted by Gasteiger charge is -2.24. The van der Waals surface area contributed by atoms with Crippen molar-refractivity contribution < 1.29 is 0 Å². The molecule has 0 aromatic heterocycles. The molecule has 3 N–H and O–H groups in total. The molecule has 1 heterocycles. The van der Waals surface area contributed by atoms with Gasteiger partial charge in [0.05, 0.1) is 0 Å². The van der Waals surface area contributed by atoms with Crippen LogP contribution in [0.25, 0.3) is 32.5 Å². The Morgan fingerprint density at radius 3 is 2.33 bits per heavy atom. The lowest BCUT2D eigenvalue weighted by Crippen LogP contribution is -2.04. The van der Waals surface area contributed by atoms with Gasteiger partial charge in [-0.15, -0.1) is 0 Å². The topological polar surface area (TPSA) is 38.0 Å². The van der Waals surface area contributed by atoms with Gasteiger partial charge in [0, 0.05) is 33.1 Å². The monoisotopic (exact) mass is 536 g/mol. The van der Waals surface area contributed by atoms with Gasteiger partial charge < -0.3 is 11.1 Å². The van der Waals surface area contributed by atoms with Crippen molar-refractivity contribution in [2.45, 2.75) is 30.2 Å². The van der Waals surface area contributed by atoms with Crippen LogP contribution in [-0.2, 0) is 6.54 Å². The molecule has 6 aromatic carbocycles. The third-order valence-corrected chi connectivity index (χ3v) is 10.5. The van der Waals surface area contributed by atoms with Crippen LogP contribution in [0.3, 0.4) is 0 Å². The van der Waals surface area contributed by atoms with E-state index in [1.165, 1.54) is 58.5 Å². The number of hydrogen-bond donors (Lipinski definition) is 3. The normalized spacial score (nSPS) is 15.3. The van der Waals surface area contributed by atoms with Gasteiger partial charge in [-0.05, 0) is 87.5 Å². The van der Waals surface area contributed by atoms with Gasteiger partial charge in [-0.3, -0.25) is 0 Å². The molecule has 6 aromatic rings. The van der Waals surface area contributed by atoms with E-state index in [0.29, 0.717) is 6.54 Å². The van der Waals surface area contributed by atoms with E-state index in [2.05, 4.69) is 141 Å². The summed E-state index contributed by atoms with van der Waals surface area (Å²) in [7, 11) is -0.669. The number of fused-ring (bicyclic) bond motifs is 4. The van der Waals surface area contributed by atoms with Crippen molar-refractivity contribution in [2.75, 3.05) is 5.32 Å². The van der Waals surface area contributed by atoms with Gasteiger partial charge in [0.25, 0.3) is 0 Å². The Kier molecular flexibility index (Phi) is 6.19. The molecule has 0 amide bonds. The average Bonchev–Trinajstić information content (AvgIpc) is 3.38. The van der Waals surface area contributed by atoms with Crippen molar-refractivity contribution in [3.8, 4) is 0 Å².